The van der Waals surface area contributed by atoms with Crippen molar-refractivity contribution in [2.75, 3.05) is 36.5 Å². The number of hydrogen-bond donors (Lipinski definition) is 2. The third-order valence-electron chi connectivity index (χ3n) is 7.89. The minimum absolute atomic E-state index is 0.00374. The quantitative estimate of drug-likeness (QED) is 0.361. The molecule has 2 N–H and O–H groups in total. The number of anilines is 2. The van der Waals surface area contributed by atoms with Crippen molar-refractivity contribution in [2.24, 2.45) is 4.99 Å². The van der Waals surface area contributed by atoms with Crippen LogP contribution in [-0.2, 0) is 16.1 Å². The fraction of sp³-hybridized carbons (Fsp3) is 0.281. The van der Waals surface area contributed by atoms with Gasteiger partial charge in [-0.1, -0.05) is 42.5 Å². The summed E-state index contributed by atoms with van der Waals surface area (Å²) < 4.78 is 28.2. The van der Waals surface area contributed by atoms with Crippen LogP contribution in [-0.4, -0.2) is 70.9 Å². The lowest BCUT2D eigenvalue weighted by Gasteiger charge is -2.27. The van der Waals surface area contributed by atoms with Crippen LogP contribution in [0.1, 0.15) is 34.8 Å². The Balaban J connectivity index is 1.26. The van der Waals surface area contributed by atoms with Crippen LogP contribution in [0, 0.1) is 5.82 Å². The molecule has 4 aromatic rings. The lowest BCUT2D eigenvalue weighted by molar-refractivity contribution is -0.117. The number of carbonyl (C=O) groups is 2. The number of nitrogens with zero attached hydrogens (tertiary/aromatic N) is 5. The maximum absolute atomic E-state index is 14.9. The van der Waals surface area contributed by atoms with E-state index in [1.807, 2.05) is 49.4 Å². The minimum Gasteiger partial charge on any atom is -0.474 e. The summed E-state index contributed by atoms with van der Waals surface area (Å²) in [6.07, 6.45) is 0.906. The normalized spacial score (nSPS) is 19.5. The number of aliphatic imine (C=N–C) groups is 1. The summed E-state index contributed by atoms with van der Waals surface area (Å²) in [6.45, 7) is 5.25. The van der Waals surface area contributed by atoms with E-state index < -0.39 is 23.8 Å². The predicted octanol–water partition coefficient (Wildman–Crippen LogP) is 3.64. The van der Waals surface area contributed by atoms with E-state index in [0.29, 0.717) is 53.7 Å². The molecular formula is C32H30FN7O4. The molecule has 2 atom stereocenters. The fourth-order valence-electron chi connectivity index (χ4n) is 5.60. The summed E-state index contributed by atoms with van der Waals surface area (Å²) in [7, 11) is 0. The second kappa shape index (κ2) is 11.5. The Morgan fingerprint density at radius 2 is 1.84 bits per heavy atom. The van der Waals surface area contributed by atoms with Crippen molar-refractivity contribution in [2.45, 2.75) is 32.2 Å². The van der Waals surface area contributed by atoms with Crippen molar-refractivity contribution in [3.05, 3.63) is 89.4 Å². The number of hydrogen-bond acceptors (Lipinski definition) is 8. The topological polar surface area (TPSA) is 123 Å². The number of halogens is 1. The number of aryl methyl sites for hydroxylation is 1. The third kappa shape index (κ3) is 5.17. The van der Waals surface area contributed by atoms with Crippen LogP contribution in [0.15, 0.2) is 71.9 Å². The average Bonchev–Trinajstić information content (AvgIpc) is 3.36. The van der Waals surface area contributed by atoms with Gasteiger partial charge in [0.15, 0.2) is 0 Å². The standard InChI is InChI=1S/C32H30FN7O4/c1-19-12-13-40-32(44-19)25(27(38-40)21-10-11-24(34-18-21)39-14-16-43-17-15-39)30(41)37-29-31(42)36-28-22(8-5-9-23(28)33)26(35-29)20-6-3-2-4-7-20/h2-11,18-19,29H,12-17H2,1H3,(H,36,42)(H,37,41)/t19?,29-/m1/s1. The Morgan fingerprint density at radius 3 is 2.61 bits per heavy atom. The van der Waals surface area contributed by atoms with Crippen LogP contribution in [0.5, 0.6) is 5.88 Å². The van der Waals surface area contributed by atoms with Gasteiger partial charge in [-0.2, -0.15) is 5.10 Å². The van der Waals surface area contributed by atoms with Gasteiger partial charge in [0, 0.05) is 48.9 Å². The Morgan fingerprint density at radius 1 is 1.02 bits per heavy atom. The van der Waals surface area contributed by atoms with Gasteiger partial charge < -0.3 is 25.0 Å². The predicted molar refractivity (Wildman–Crippen MR) is 162 cm³/mol. The van der Waals surface area contributed by atoms with Gasteiger partial charge in [-0.3, -0.25) is 9.59 Å². The number of fused-ring (bicyclic) bond motifs is 2. The summed E-state index contributed by atoms with van der Waals surface area (Å²) in [5.41, 5.74) is 2.63. The number of amides is 2. The molecule has 1 fully saturated rings. The van der Waals surface area contributed by atoms with Crippen molar-refractivity contribution in [3.63, 3.8) is 0 Å². The van der Waals surface area contributed by atoms with Crippen molar-refractivity contribution >= 4 is 29.0 Å². The molecule has 12 heteroatoms. The van der Waals surface area contributed by atoms with Gasteiger partial charge in [0.1, 0.15) is 22.9 Å². The zero-order valence-electron chi connectivity index (χ0n) is 24.0. The molecule has 2 aromatic heterocycles. The number of aromatic nitrogens is 3. The summed E-state index contributed by atoms with van der Waals surface area (Å²) in [6, 6.07) is 17.4. The number of pyridine rings is 1. The molecule has 0 aliphatic carbocycles. The molecule has 0 radical (unpaired) electrons. The van der Waals surface area contributed by atoms with Crippen molar-refractivity contribution < 1.29 is 23.5 Å². The zero-order valence-corrected chi connectivity index (χ0v) is 24.0. The molecule has 1 unspecified atom stereocenters. The highest BCUT2D eigenvalue weighted by Crippen LogP contribution is 2.35. The molecule has 3 aliphatic rings. The fourth-order valence-corrected chi connectivity index (χ4v) is 5.60. The first-order valence-corrected chi connectivity index (χ1v) is 14.6. The van der Waals surface area contributed by atoms with Gasteiger partial charge in [0.05, 0.1) is 30.7 Å². The first kappa shape index (κ1) is 27.7. The lowest BCUT2D eigenvalue weighted by atomic mass is 10.0. The molecule has 1 saturated heterocycles. The molecule has 2 amide bonds. The molecule has 224 valence electrons. The molecule has 0 bridgehead atoms. The zero-order chi connectivity index (χ0) is 30.2. The molecule has 44 heavy (non-hydrogen) atoms. The van der Waals surface area contributed by atoms with Crippen LogP contribution in [0.3, 0.4) is 0 Å². The smallest absolute Gasteiger partial charge is 0.269 e. The summed E-state index contributed by atoms with van der Waals surface area (Å²) in [5, 5.41) is 10.1. The average molecular weight is 596 g/mol. The summed E-state index contributed by atoms with van der Waals surface area (Å²) in [5.74, 6) is -0.764. The van der Waals surface area contributed by atoms with Gasteiger partial charge in [-0.25, -0.2) is 19.0 Å². The number of morpholine rings is 1. The van der Waals surface area contributed by atoms with Crippen LogP contribution in [0.4, 0.5) is 15.9 Å². The van der Waals surface area contributed by atoms with E-state index in [9.17, 15) is 14.0 Å². The van der Waals surface area contributed by atoms with Crippen molar-refractivity contribution in [3.8, 4) is 17.1 Å². The second-order valence-corrected chi connectivity index (χ2v) is 10.8. The molecule has 11 nitrogen and oxygen atoms in total. The van der Waals surface area contributed by atoms with E-state index in [4.69, 9.17) is 14.6 Å². The van der Waals surface area contributed by atoms with Crippen LogP contribution < -0.4 is 20.3 Å². The van der Waals surface area contributed by atoms with Gasteiger partial charge in [-0.05, 0) is 25.1 Å². The number of para-hydroxylation sites is 1. The molecule has 0 saturated carbocycles. The number of benzene rings is 2. The minimum atomic E-state index is -1.37. The molecule has 0 spiro atoms. The Hall–Kier alpha value is -5.10. The number of benzodiazepines with no additional fused rings is 1. The van der Waals surface area contributed by atoms with Crippen LogP contribution >= 0.6 is 0 Å². The molecule has 3 aliphatic heterocycles. The van der Waals surface area contributed by atoms with Gasteiger partial charge >= 0.3 is 0 Å². The lowest BCUT2D eigenvalue weighted by Crippen LogP contribution is -2.42. The highest BCUT2D eigenvalue weighted by Gasteiger charge is 2.34. The molecule has 7 rings (SSSR count). The van der Waals surface area contributed by atoms with Crippen molar-refractivity contribution in [1.82, 2.24) is 20.1 Å². The van der Waals surface area contributed by atoms with E-state index in [1.165, 1.54) is 6.07 Å². The van der Waals surface area contributed by atoms with Gasteiger partial charge in [0.2, 0.25) is 12.0 Å². The number of rotatable bonds is 5. The highest BCUT2D eigenvalue weighted by molar-refractivity contribution is 6.20. The first-order chi connectivity index (χ1) is 21.5. The third-order valence-corrected chi connectivity index (χ3v) is 7.89. The van der Waals surface area contributed by atoms with Gasteiger partial charge in [-0.15, -0.1) is 0 Å². The first-order valence-electron chi connectivity index (χ1n) is 14.6. The Bertz CT molecular complexity index is 1750. The maximum Gasteiger partial charge on any atom is 0.269 e. The van der Waals surface area contributed by atoms with Crippen LogP contribution in [0.2, 0.25) is 0 Å². The second-order valence-electron chi connectivity index (χ2n) is 10.8. The van der Waals surface area contributed by atoms with Crippen LogP contribution in [0.25, 0.3) is 11.3 Å². The molecule has 5 heterocycles. The van der Waals surface area contributed by atoms with Gasteiger partial charge in [0.25, 0.3) is 11.8 Å². The SMILES string of the molecule is CC1CCn2nc(-c3ccc(N4CCOCC4)nc3)c(C(=O)N[C@H]3N=C(c4ccccc4)c4cccc(F)c4NC3=O)c2O1. The van der Waals surface area contributed by atoms with E-state index in [1.54, 1.807) is 23.0 Å². The number of nitrogens with one attached hydrogen (secondary N) is 2. The molecule has 2 aromatic carbocycles. The summed E-state index contributed by atoms with van der Waals surface area (Å²) in [4.78, 5) is 39.0. The number of carbonyl (C=O) groups excluding carboxylic acids is 2. The highest BCUT2D eigenvalue weighted by atomic mass is 19.1. The monoisotopic (exact) mass is 595 g/mol. The summed E-state index contributed by atoms with van der Waals surface area (Å²) >= 11 is 0. The maximum atomic E-state index is 14.9. The van der Waals surface area contributed by atoms with E-state index in [-0.39, 0.29) is 17.4 Å². The number of ether oxygens (including phenoxy) is 2. The van der Waals surface area contributed by atoms with E-state index >= 15 is 0 Å². The largest absolute Gasteiger partial charge is 0.474 e. The van der Waals surface area contributed by atoms with E-state index in [0.717, 1.165) is 25.3 Å². The Kier molecular flexibility index (Phi) is 7.26. The molecular weight excluding hydrogens is 565 g/mol. The van der Waals surface area contributed by atoms with E-state index in [2.05, 4.69) is 25.5 Å². The Labute approximate surface area is 252 Å². The van der Waals surface area contributed by atoms with Crippen molar-refractivity contribution in [1.29, 1.82) is 0 Å².